The van der Waals surface area contributed by atoms with Gasteiger partial charge in [-0.05, 0) is 12.1 Å². The molecule has 1 aliphatic rings. The summed E-state index contributed by atoms with van der Waals surface area (Å²) in [5.74, 6) is 0. The number of fused-ring (bicyclic) bond motifs is 1. The van der Waals surface area contributed by atoms with Gasteiger partial charge in [0.05, 0.1) is 5.69 Å². The minimum Gasteiger partial charge on any atom is -0.256 e. The average molecular weight is 115 g/mol. The van der Waals surface area contributed by atoms with Crippen LogP contribution in [-0.2, 0) is 0 Å². The van der Waals surface area contributed by atoms with E-state index in [1.54, 1.807) is 6.20 Å². The van der Waals surface area contributed by atoms with E-state index < -0.39 is 0 Å². The second kappa shape index (κ2) is 1.57. The van der Waals surface area contributed by atoms with Crippen molar-refractivity contribution in [3.05, 3.63) is 35.3 Å². The number of hydrogen-bond acceptors (Lipinski definition) is 1. The van der Waals surface area contributed by atoms with E-state index in [1.165, 1.54) is 0 Å². The van der Waals surface area contributed by atoms with Crippen molar-refractivity contribution in [3.63, 3.8) is 0 Å². The van der Waals surface area contributed by atoms with Gasteiger partial charge in [0.15, 0.2) is 0 Å². The van der Waals surface area contributed by atoms with Crippen LogP contribution in [0.15, 0.2) is 24.1 Å². The van der Waals surface area contributed by atoms with Gasteiger partial charge in [0.2, 0.25) is 0 Å². The fourth-order valence-electron chi connectivity index (χ4n) is 0.883. The van der Waals surface area contributed by atoms with Crippen LogP contribution < -0.4 is 0 Å². The van der Waals surface area contributed by atoms with Crippen LogP contribution in [0.1, 0.15) is 11.3 Å². The van der Waals surface area contributed by atoms with E-state index in [-0.39, 0.29) is 0 Å². The Balaban J connectivity index is 2.72. The van der Waals surface area contributed by atoms with Crippen LogP contribution in [0, 0.1) is 0 Å². The van der Waals surface area contributed by atoms with E-state index in [9.17, 15) is 0 Å². The van der Waals surface area contributed by atoms with Crippen molar-refractivity contribution in [2.75, 3.05) is 0 Å². The Morgan fingerprint density at radius 3 is 3.22 bits per heavy atom. The molecule has 1 heteroatoms. The summed E-state index contributed by atoms with van der Waals surface area (Å²) in [6.07, 6.45) is 5.60. The lowest BCUT2D eigenvalue weighted by Gasteiger charge is -1.90. The van der Waals surface area contributed by atoms with Crippen LogP contribution in [0.3, 0.4) is 0 Å². The Kier molecular flexibility index (Phi) is 0.794. The Morgan fingerprint density at radius 2 is 2.33 bits per heavy atom. The maximum atomic E-state index is 4.11. The molecule has 0 bridgehead atoms. The zero-order chi connectivity index (χ0) is 6.10. The molecule has 0 atom stereocenters. The highest BCUT2D eigenvalue weighted by atomic mass is 14.7. The van der Waals surface area contributed by atoms with Crippen molar-refractivity contribution in [1.29, 1.82) is 0 Å². The van der Waals surface area contributed by atoms with Gasteiger partial charge >= 0.3 is 0 Å². The van der Waals surface area contributed by atoms with Gasteiger partial charge in [0, 0.05) is 17.8 Å². The van der Waals surface area contributed by atoms with Gasteiger partial charge in [-0.15, -0.1) is 5.73 Å². The van der Waals surface area contributed by atoms with Crippen LogP contribution in [0.2, 0.25) is 0 Å². The van der Waals surface area contributed by atoms with Crippen LogP contribution in [0.4, 0.5) is 0 Å². The first kappa shape index (κ1) is 4.54. The Labute approximate surface area is 53.4 Å². The number of pyridine rings is 1. The summed E-state index contributed by atoms with van der Waals surface area (Å²) in [6, 6.07) is 3.95. The minimum atomic E-state index is 1.03. The topological polar surface area (TPSA) is 12.9 Å². The van der Waals surface area contributed by atoms with E-state index in [4.69, 9.17) is 0 Å². The molecule has 0 saturated carbocycles. The Bertz CT molecular complexity index is 266. The molecule has 42 valence electrons. The van der Waals surface area contributed by atoms with E-state index in [2.05, 4.69) is 10.7 Å². The third-order valence-corrected chi connectivity index (χ3v) is 1.33. The zero-order valence-electron chi connectivity index (χ0n) is 4.83. The van der Waals surface area contributed by atoms with Crippen LogP contribution in [0.25, 0.3) is 12.2 Å². The smallest absolute Gasteiger partial charge is 0.0785 e. The summed E-state index contributed by atoms with van der Waals surface area (Å²) in [4.78, 5) is 4.11. The third kappa shape index (κ3) is 0.592. The molecule has 0 aromatic carbocycles. The second-order valence-electron chi connectivity index (χ2n) is 1.93. The first-order chi connectivity index (χ1) is 4.47. The van der Waals surface area contributed by atoms with E-state index >= 15 is 0 Å². The van der Waals surface area contributed by atoms with Gasteiger partial charge in [-0.1, -0.05) is 6.07 Å². The predicted octanol–water partition coefficient (Wildman–Crippen LogP) is 1.72. The van der Waals surface area contributed by atoms with Gasteiger partial charge in [-0.25, -0.2) is 0 Å². The van der Waals surface area contributed by atoms with E-state index in [0.29, 0.717) is 0 Å². The highest BCUT2D eigenvalue weighted by molar-refractivity contribution is 5.69. The lowest BCUT2D eigenvalue weighted by atomic mass is 10.2. The Hall–Kier alpha value is -1.33. The van der Waals surface area contributed by atoms with Gasteiger partial charge in [0.25, 0.3) is 0 Å². The third-order valence-electron chi connectivity index (χ3n) is 1.33. The summed E-state index contributed by atoms with van der Waals surface area (Å²) < 4.78 is 0. The molecule has 0 spiro atoms. The van der Waals surface area contributed by atoms with Crippen molar-refractivity contribution in [2.24, 2.45) is 0 Å². The molecule has 0 radical (unpaired) electrons. The van der Waals surface area contributed by atoms with Crippen molar-refractivity contribution < 1.29 is 0 Å². The number of aromatic nitrogens is 1. The lowest BCUT2D eigenvalue weighted by molar-refractivity contribution is 1.29. The fraction of sp³-hybridized carbons (Fsp3) is 0. The first-order valence-corrected chi connectivity index (χ1v) is 2.84. The standard InChI is InChI=1S/C8H5N/c1-3-7-4-2-6-9-8(7)5-1/h2-6H. The van der Waals surface area contributed by atoms with Gasteiger partial charge in [0.1, 0.15) is 0 Å². The quantitative estimate of drug-likeness (QED) is 0.476. The summed E-state index contributed by atoms with van der Waals surface area (Å²) in [5.41, 5.74) is 5.16. The highest BCUT2D eigenvalue weighted by Gasteiger charge is 1.97. The first-order valence-electron chi connectivity index (χ1n) is 2.84. The molecule has 0 fully saturated rings. The number of rotatable bonds is 0. The predicted molar refractivity (Wildman–Crippen MR) is 36.7 cm³/mol. The minimum absolute atomic E-state index is 1.03. The molecule has 0 unspecified atom stereocenters. The van der Waals surface area contributed by atoms with Gasteiger partial charge in [-0.2, -0.15) is 0 Å². The zero-order valence-corrected chi connectivity index (χ0v) is 4.83. The van der Waals surface area contributed by atoms with E-state index in [1.807, 2.05) is 24.3 Å². The van der Waals surface area contributed by atoms with Crippen molar-refractivity contribution in [2.45, 2.75) is 0 Å². The van der Waals surface area contributed by atoms with Crippen LogP contribution in [0.5, 0.6) is 0 Å². The molecule has 0 amide bonds. The number of nitrogens with zero attached hydrogens (tertiary/aromatic N) is 1. The van der Waals surface area contributed by atoms with Gasteiger partial charge < -0.3 is 0 Å². The van der Waals surface area contributed by atoms with Crippen molar-refractivity contribution >= 4 is 12.2 Å². The normalized spacial score (nSPS) is 12.0. The fourth-order valence-corrected chi connectivity index (χ4v) is 0.883. The lowest BCUT2D eigenvalue weighted by Crippen LogP contribution is -1.79. The van der Waals surface area contributed by atoms with E-state index in [0.717, 1.165) is 11.3 Å². The molecule has 0 aliphatic heterocycles. The molecule has 0 saturated heterocycles. The molecular weight excluding hydrogens is 110 g/mol. The molecule has 1 aromatic heterocycles. The molecule has 9 heavy (non-hydrogen) atoms. The van der Waals surface area contributed by atoms with Crippen molar-refractivity contribution in [1.82, 2.24) is 4.98 Å². The molecule has 1 aromatic rings. The summed E-state index contributed by atoms with van der Waals surface area (Å²) in [7, 11) is 0. The summed E-state index contributed by atoms with van der Waals surface area (Å²) in [5, 5.41) is 0. The average Bonchev–Trinajstić information content (AvgIpc) is 2.33. The van der Waals surface area contributed by atoms with Crippen LogP contribution in [-0.4, -0.2) is 4.98 Å². The summed E-state index contributed by atoms with van der Waals surface area (Å²) >= 11 is 0. The number of hydrogen-bond donors (Lipinski definition) is 0. The monoisotopic (exact) mass is 115 g/mol. The highest BCUT2D eigenvalue weighted by Crippen LogP contribution is 2.12. The Morgan fingerprint density at radius 1 is 1.33 bits per heavy atom. The van der Waals surface area contributed by atoms with Crippen LogP contribution >= 0.6 is 0 Å². The SMILES string of the molecule is C1=Cc2cccnc2C=1. The maximum absolute atomic E-state index is 4.11. The largest absolute Gasteiger partial charge is 0.256 e. The summed E-state index contributed by atoms with van der Waals surface area (Å²) in [6.45, 7) is 0. The molecule has 0 N–H and O–H groups in total. The second-order valence-corrected chi connectivity index (χ2v) is 1.93. The molecule has 1 aliphatic carbocycles. The molecule has 1 heterocycles. The molecule has 2 rings (SSSR count). The molecule has 1 nitrogen and oxygen atoms in total. The van der Waals surface area contributed by atoms with Gasteiger partial charge in [-0.3, -0.25) is 4.98 Å². The maximum Gasteiger partial charge on any atom is 0.0785 e. The van der Waals surface area contributed by atoms with Crippen molar-refractivity contribution in [3.8, 4) is 0 Å². The molecular formula is C8H5N.